The molecule has 0 unspecified atom stereocenters. The SMILES string of the molecule is CCn1nc(C)c2nc(CCl)n(Cc3ccc(F)cc3)c21. The lowest BCUT2D eigenvalue weighted by atomic mass is 10.2. The first-order valence-corrected chi connectivity index (χ1v) is 7.40. The van der Waals surface area contributed by atoms with Crippen LogP contribution in [0, 0.1) is 12.7 Å². The lowest BCUT2D eigenvalue weighted by Gasteiger charge is -2.09. The monoisotopic (exact) mass is 306 g/mol. The Balaban J connectivity index is 2.13. The Bertz CT molecular complexity index is 773. The number of aryl methyl sites for hydroxylation is 2. The summed E-state index contributed by atoms with van der Waals surface area (Å²) < 4.78 is 17.0. The van der Waals surface area contributed by atoms with E-state index in [1.54, 1.807) is 12.1 Å². The largest absolute Gasteiger partial charge is 0.307 e. The summed E-state index contributed by atoms with van der Waals surface area (Å²) in [5.74, 6) is 0.902. The first-order valence-electron chi connectivity index (χ1n) is 6.87. The number of aromatic nitrogens is 4. The van der Waals surface area contributed by atoms with Crippen molar-refractivity contribution >= 4 is 22.8 Å². The molecule has 110 valence electrons. The Morgan fingerprint density at radius 1 is 1.24 bits per heavy atom. The molecule has 0 N–H and O–H groups in total. The van der Waals surface area contributed by atoms with E-state index >= 15 is 0 Å². The van der Waals surface area contributed by atoms with E-state index in [1.807, 2.05) is 18.5 Å². The molecule has 6 heteroatoms. The van der Waals surface area contributed by atoms with Gasteiger partial charge in [-0.2, -0.15) is 5.10 Å². The van der Waals surface area contributed by atoms with E-state index in [0.29, 0.717) is 12.4 Å². The van der Waals surface area contributed by atoms with Gasteiger partial charge in [0.25, 0.3) is 0 Å². The van der Waals surface area contributed by atoms with Crippen LogP contribution in [-0.4, -0.2) is 19.3 Å². The molecule has 3 rings (SSSR count). The van der Waals surface area contributed by atoms with Crippen LogP contribution in [0.1, 0.15) is 24.0 Å². The van der Waals surface area contributed by atoms with E-state index < -0.39 is 0 Å². The van der Waals surface area contributed by atoms with Gasteiger partial charge in [-0.15, -0.1) is 11.6 Å². The maximum absolute atomic E-state index is 13.0. The van der Waals surface area contributed by atoms with Gasteiger partial charge in [0, 0.05) is 6.54 Å². The van der Waals surface area contributed by atoms with Crippen molar-refractivity contribution in [2.75, 3.05) is 0 Å². The number of imidazole rings is 1. The lowest BCUT2D eigenvalue weighted by Crippen LogP contribution is -2.09. The number of nitrogens with zero attached hydrogens (tertiary/aromatic N) is 4. The number of rotatable bonds is 4. The van der Waals surface area contributed by atoms with Gasteiger partial charge in [-0.05, 0) is 31.5 Å². The second-order valence-electron chi connectivity index (χ2n) is 4.95. The predicted octanol–water partition coefficient (Wildman–Crippen LogP) is 3.49. The Hall–Kier alpha value is -1.88. The fourth-order valence-corrected chi connectivity index (χ4v) is 2.73. The standard InChI is InChI=1S/C15H16ClFN4/c1-3-21-15-14(10(2)19-21)18-13(8-16)20(15)9-11-4-6-12(17)7-5-11/h4-7H,3,8-9H2,1-2H3. The molecule has 21 heavy (non-hydrogen) atoms. The van der Waals surface area contributed by atoms with Gasteiger partial charge in [0.15, 0.2) is 5.65 Å². The van der Waals surface area contributed by atoms with Crippen molar-refractivity contribution in [3.05, 3.63) is 47.2 Å². The Kier molecular flexibility index (Phi) is 3.68. The molecule has 0 radical (unpaired) electrons. The van der Waals surface area contributed by atoms with Crippen LogP contribution in [0.4, 0.5) is 4.39 Å². The third-order valence-electron chi connectivity index (χ3n) is 3.55. The zero-order valence-corrected chi connectivity index (χ0v) is 12.7. The van der Waals surface area contributed by atoms with Crippen LogP contribution < -0.4 is 0 Å². The molecular weight excluding hydrogens is 291 g/mol. The minimum absolute atomic E-state index is 0.235. The molecule has 0 saturated heterocycles. The number of halogens is 2. The summed E-state index contributed by atoms with van der Waals surface area (Å²) in [5, 5.41) is 4.49. The van der Waals surface area contributed by atoms with Crippen LogP contribution in [-0.2, 0) is 19.0 Å². The van der Waals surface area contributed by atoms with Gasteiger partial charge in [0.05, 0.1) is 18.1 Å². The first kappa shape index (κ1) is 14.1. The van der Waals surface area contributed by atoms with Crippen LogP contribution in [0.25, 0.3) is 11.2 Å². The molecule has 4 nitrogen and oxygen atoms in total. The molecule has 2 heterocycles. The number of alkyl halides is 1. The summed E-state index contributed by atoms with van der Waals surface area (Å²) in [4.78, 5) is 4.59. The predicted molar refractivity (Wildman–Crippen MR) is 81.0 cm³/mol. The highest BCUT2D eigenvalue weighted by molar-refractivity contribution is 6.16. The summed E-state index contributed by atoms with van der Waals surface area (Å²) in [6.07, 6.45) is 0. The van der Waals surface area contributed by atoms with Crippen molar-refractivity contribution < 1.29 is 4.39 Å². The molecule has 1 aromatic carbocycles. The maximum Gasteiger partial charge on any atom is 0.159 e. The molecule has 0 amide bonds. The molecule has 3 aromatic rings. The second kappa shape index (κ2) is 5.48. The molecule has 0 aliphatic heterocycles. The number of fused-ring (bicyclic) bond motifs is 1. The minimum Gasteiger partial charge on any atom is -0.307 e. The van der Waals surface area contributed by atoms with E-state index in [-0.39, 0.29) is 5.82 Å². The smallest absolute Gasteiger partial charge is 0.159 e. The summed E-state index contributed by atoms with van der Waals surface area (Å²) in [6, 6.07) is 6.48. The Labute approximate surface area is 127 Å². The lowest BCUT2D eigenvalue weighted by molar-refractivity contribution is 0.624. The van der Waals surface area contributed by atoms with Crippen LogP contribution in [0.15, 0.2) is 24.3 Å². The maximum atomic E-state index is 13.0. The van der Waals surface area contributed by atoms with Gasteiger partial charge in [-0.3, -0.25) is 0 Å². The van der Waals surface area contributed by atoms with E-state index in [9.17, 15) is 4.39 Å². The second-order valence-corrected chi connectivity index (χ2v) is 5.21. The fraction of sp³-hybridized carbons (Fsp3) is 0.333. The van der Waals surface area contributed by atoms with Crippen molar-refractivity contribution in [1.82, 2.24) is 19.3 Å². The molecular formula is C15H16ClFN4. The van der Waals surface area contributed by atoms with E-state index in [0.717, 1.165) is 34.8 Å². The van der Waals surface area contributed by atoms with Crippen LogP contribution in [0.5, 0.6) is 0 Å². The van der Waals surface area contributed by atoms with Crippen molar-refractivity contribution in [2.24, 2.45) is 0 Å². The number of hydrogen-bond acceptors (Lipinski definition) is 2. The third kappa shape index (κ3) is 2.42. The zero-order valence-electron chi connectivity index (χ0n) is 12.0. The molecule has 0 aliphatic rings. The normalized spacial score (nSPS) is 11.4. The van der Waals surface area contributed by atoms with Crippen molar-refractivity contribution in [3.63, 3.8) is 0 Å². The van der Waals surface area contributed by atoms with E-state index in [2.05, 4.69) is 14.6 Å². The molecule has 0 bridgehead atoms. The Morgan fingerprint density at radius 3 is 2.57 bits per heavy atom. The average molecular weight is 307 g/mol. The number of hydrogen-bond donors (Lipinski definition) is 0. The van der Waals surface area contributed by atoms with E-state index in [1.165, 1.54) is 12.1 Å². The molecule has 0 fully saturated rings. The van der Waals surface area contributed by atoms with Crippen molar-refractivity contribution in [1.29, 1.82) is 0 Å². The highest BCUT2D eigenvalue weighted by Gasteiger charge is 2.17. The van der Waals surface area contributed by atoms with Crippen molar-refractivity contribution in [2.45, 2.75) is 32.8 Å². The molecule has 0 aliphatic carbocycles. The summed E-state index contributed by atoms with van der Waals surface area (Å²) >= 11 is 6.03. The first-order chi connectivity index (χ1) is 10.1. The molecule has 0 spiro atoms. The number of benzene rings is 1. The summed E-state index contributed by atoms with van der Waals surface area (Å²) in [7, 11) is 0. The van der Waals surface area contributed by atoms with Crippen LogP contribution in [0.2, 0.25) is 0 Å². The quantitative estimate of drug-likeness (QED) is 0.692. The van der Waals surface area contributed by atoms with Gasteiger partial charge >= 0.3 is 0 Å². The Morgan fingerprint density at radius 2 is 1.95 bits per heavy atom. The fourth-order valence-electron chi connectivity index (χ4n) is 2.53. The third-order valence-corrected chi connectivity index (χ3v) is 3.79. The summed E-state index contributed by atoms with van der Waals surface area (Å²) in [6.45, 7) is 5.36. The molecule has 0 atom stereocenters. The van der Waals surface area contributed by atoms with Gasteiger partial charge in [0.2, 0.25) is 0 Å². The molecule has 2 aromatic heterocycles. The summed E-state index contributed by atoms with van der Waals surface area (Å²) in [5.41, 5.74) is 3.75. The minimum atomic E-state index is -0.235. The van der Waals surface area contributed by atoms with Gasteiger partial charge in [-0.1, -0.05) is 12.1 Å². The highest BCUT2D eigenvalue weighted by atomic mass is 35.5. The van der Waals surface area contributed by atoms with Gasteiger partial charge in [-0.25, -0.2) is 14.1 Å². The molecule has 0 saturated carbocycles. The average Bonchev–Trinajstić information content (AvgIpc) is 3.00. The van der Waals surface area contributed by atoms with Crippen LogP contribution >= 0.6 is 11.6 Å². The van der Waals surface area contributed by atoms with E-state index in [4.69, 9.17) is 11.6 Å². The highest BCUT2D eigenvalue weighted by Crippen LogP contribution is 2.22. The van der Waals surface area contributed by atoms with Crippen molar-refractivity contribution in [3.8, 4) is 0 Å². The van der Waals surface area contributed by atoms with Gasteiger partial charge < -0.3 is 4.57 Å². The topological polar surface area (TPSA) is 35.6 Å². The zero-order chi connectivity index (χ0) is 15.0. The van der Waals surface area contributed by atoms with Gasteiger partial charge in [0.1, 0.15) is 17.2 Å². The van der Waals surface area contributed by atoms with Crippen LogP contribution in [0.3, 0.4) is 0 Å².